The number of hydrogen-bond acceptors (Lipinski definition) is 4. The van der Waals surface area contributed by atoms with Crippen LogP contribution in [-0.2, 0) is 6.54 Å². The highest BCUT2D eigenvalue weighted by atomic mass is 127. The van der Waals surface area contributed by atoms with E-state index in [9.17, 15) is 5.11 Å². The van der Waals surface area contributed by atoms with Crippen molar-refractivity contribution in [1.82, 2.24) is 15.6 Å². The van der Waals surface area contributed by atoms with E-state index < -0.39 is 0 Å². The predicted octanol–water partition coefficient (Wildman–Crippen LogP) is 2.15. The summed E-state index contributed by atoms with van der Waals surface area (Å²) in [5.41, 5.74) is 2.13. The van der Waals surface area contributed by atoms with Crippen LogP contribution in [0.4, 0.5) is 0 Å². The van der Waals surface area contributed by atoms with Gasteiger partial charge in [-0.2, -0.15) is 0 Å². The topological polar surface area (TPSA) is 78.8 Å². The first-order valence-corrected chi connectivity index (χ1v) is 7.86. The molecule has 136 valence electrons. The molecule has 1 aromatic heterocycles. The molecule has 2 aromatic rings. The number of halogens is 1. The smallest absolute Gasteiger partial charge is 0.212 e. The van der Waals surface area contributed by atoms with E-state index in [0.29, 0.717) is 24.9 Å². The number of aliphatic imine (C=N–C) groups is 1. The number of guanidine groups is 1. The maximum Gasteiger partial charge on any atom is 0.212 e. The average Bonchev–Trinajstić information content (AvgIpc) is 2.66. The standard InChI is InChI=1S/C18H24N4O2.HI/c1-19-18(21-11-14-8-9-17(24-2)20-10-14)22-12-16(13-23)15-6-4-3-5-7-15;/h3-10,16,23H,11-13H2,1-2H3,(H2,19,21,22);1H. The Bertz CT molecular complexity index is 635. The van der Waals surface area contributed by atoms with Crippen LogP contribution in [-0.4, -0.2) is 43.4 Å². The number of aromatic nitrogens is 1. The second-order valence-electron chi connectivity index (χ2n) is 5.31. The number of nitrogens with one attached hydrogen (secondary N) is 2. The molecule has 7 heteroatoms. The van der Waals surface area contributed by atoms with E-state index in [1.165, 1.54) is 0 Å². The van der Waals surface area contributed by atoms with Crippen LogP contribution in [0.15, 0.2) is 53.7 Å². The second-order valence-corrected chi connectivity index (χ2v) is 5.31. The molecule has 1 atom stereocenters. The summed E-state index contributed by atoms with van der Waals surface area (Å²) in [6, 6.07) is 13.7. The molecule has 0 radical (unpaired) electrons. The number of aliphatic hydroxyl groups is 1. The largest absolute Gasteiger partial charge is 0.481 e. The molecule has 25 heavy (non-hydrogen) atoms. The fraction of sp³-hybridized carbons (Fsp3) is 0.333. The summed E-state index contributed by atoms with van der Waals surface area (Å²) < 4.78 is 5.04. The lowest BCUT2D eigenvalue weighted by Crippen LogP contribution is -2.39. The van der Waals surface area contributed by atoms with Crippen LogP contribution in [0.3, 0.4) is 0 Å². The van der Waals surface area contributed by atoms with Crippen LogP contribution in [0.5, 0.6) is 5.88 Å². The van der Waals surface area contributed by atoms with Gasteiger partial charge < -0.3 is 20.5 Å². The van der Waals surface area contributed by atoms with Crippen molar-refractivity contribution in [3.63, 3.8) is 0 Å². The van der Waals surface area contributed by atoms with E-state index in [-0.39, 0.29) is 36.5 Å². The summed E-state index contributed by atoms with van der Waals surface area (Å²) in [6.07, 6.45) is 1.76. The first kappa shape index (κ1) is 21.2. The molecule has 0 aliphatic heterocycles. The second kappa shape index (κ2) is 11.6. The molecular weight excluding hydrogens is 431 g/mol. The number of hydrogen-bond donors (Lipinski definition) is 3. The highest BCUT2D eigenvalue weighted by Crippen LogP contribution is 2.13. The molecule has 0 fully saturated rings. The lowest BCUT2D eigenvalue weighted by atomic mass is 10.0. The summed E-state index contributed by atoms with van der Waals surface area (Å²) in [5, 5.41) is 16.1. The Hall–Kier alpha value is -1.87. The molecular formula is C18H25IN4O2. The van der Waals surface area contributed by atoms with Crippen molar-refractivity contribution in [2.75, 3.05) is 27.3 Å². The van der Waals surface area contributed by atoms with E-state index in [2.05, 4.69) is 20.6 Å². The molecule has 0 aliphatic rings. The van der Waals surface area contributed by atoms with Gasteiger partial charge in [-0.05, 0) is 11.1 Å². The van der Waals surface area contributed by atoms with E-state index in [1.807, 2.05) is 42.5 Å². The van der Waals surface area contributed by atoms with Gasteiger partial charge in [0.2, 0.25) is 5.88 Å². The van der Waals surface area contributed by atoms with Gasteiger partial charge in [0.15, 0.2) is 5.96 Å². The predicted molar refractivity (Wildman–Crippen MR) is 111 cm³/mol. The molecule has 3 N–H and O–H groups in total. The summed E-state index contributed by atoms with van der Waals surface area (Å²) in [5.74, 6) is 1.29. The zero-order valence-electron chi connectivity index (χ0n) is 14.5. The highest BCUT2D eigenvalue weighted by molar-refractivity contribution is 14.0. The van der Waals surface area contributed by atoms with Crippen LogP contribution < -0.4 is 15.4 Å². The minimum atomic E-state index is 0. The van der Waals surface area contributed by atoms with Crippen molar-refractivity contribution in [2.45, 2.75) is 12.5 Å². The third-order valence-electron chi connectivity index (χ3n) is 3.70. The van der Waals surface area contributed by atoms with Crippen LogP contribution in [0.1, 0.15) is 17.0 Å². The molecule has 0 amide bonds. The van der Waals surface area contributed by atoms with Crippen molar-refractivity contribution in [1.29, 1.82) is 0 Å². The quantitative estimate of drug-likeness (QED) is 0.338. The normalized spacial score (nSPS) is 12.0. The maximum absolute atomic E-state index is 9.60. The van der Waals surface area contributed by atoms with Crippen molar-refractivity contribution in [2.24, 2.45) is 4.99 Å². The highest BCUT2D eigenvalue weighted by Gasteiger charge is 2.10. The summed E-state index contributed by atoms with van der Waals surface area (Å²) in [4.78, 5) is 8.38. The Morgan fingerprint density at radius 2 is 1.96 bits per heavy atom. The molecule has 2 rings (SSSR count). The number of nitrogens with zero attached hydrogens (tertiary/aromatic N) is 2. The van der Waals surface area contributed by atoms with Gasteiger partial charge in [0.1, 0.15) is 0 Å². The Labute approximate surface area is 165 Å². The van der Waals surface area contributed by atoms with Gasteiger partial charge >= 0.3 is 0 Å². The first-order valence-electron chi connectivity index (χ1n) is 7.86. The Kier molecular flexibility index (Phi) is 9.86. The molecule has 1 unspecified atom stereocenters. The van der Waals surface area contributed by atoms with E-state index >= 15 is 0 Å². The summed E-state index contributed by atoms with van der Waals surface area (Å²) in [6.45, 7) is 1.28. The minimum absolute atomic E-state index is 0. The Morgan fingerprint density at radius 1 is 1.20 bits per heavy atom. The third kappa shape index (κ3) is 6.87. The average molecular weight is 456 g/mol. The summed E-state index contributed by atoms with van der Waals surface area (Å²) in [7, 11) is 3.31. The van der Waals surface area contributed by atoms with Gasteiger partial charge in [0.05, 0.1) is 13.7 Å². The van der Waals surface area contributed by atoms with E-state index in [0.717, 1.165) is 11.1 Å². The zero-order chi connectivity index (χ0) is 17.2. The molecule has 0 saturated heterocycles. The molecule has 0 spiro atoms. The van der Waals surface area contributed by atoms with Crippen LogP contribution in [0, 0.1) is 0 Å². The monoisotopic (exact) mass is 456 g/mol. The SMILES string of the molecule is CN=C(NCc1ccc(OC)nc1)NCC(CO)c1ccccc1.I. The lowest BCUT2D eigenvalue weighted by molar-refractivity contribution is 0.265. The van der Waals surface area contributed by atoms with Crippen LogP contribution in [0.2, 0.25) is 0 Å². The number of aliphatic hydroxyl groups excluding tert-OH is 1. The number of methoxy groups -OCH3 is 1. The lowest BCUT2D eigenvalue weighted by Gasteiger charge is -2.18. The van der Waals surface area contributed by atoms with Crippen molar-refractivity contribution < 1.29 is 9.84 Å². The van der Waals surface area contributed by atoms with Crippen molar-refractivity contribution in [3.8, 4) is 5.88 Å². The van der Waals surface area contributed by atoms with Crippen LogP contribution >= 0.6 is 24.0 Å². The van der Waals surface area contributed by atoms with Gasteiger partial charge in [-0.1, -0.05) is 36.4 Å². The van der Waals surface area contributed by atoms with Crippen molar-refractivity contribution in [3.05, 3.63) is 59.8 Å². The first-order chi connectivity index (χ1) is 11.8. The number of pyridine rings is 1. The van der Waals surface area contributed by atoms with Gasteiger partial charge in [-0.3, -0.25) is 4.99 Å². The van der Waals surface area contributed by atoms with E-state index in [1.54, 1.807) is 20.4 Å². The van der Waals surface area contributed by atoms with Gasteiger partial charge in [-0.15, -0.1) is 24.0 Å². The molecule has 0 bridgehead atoms. The fourth-order valence-corrected chi connectivity index (χ4v) is 2.28. The fourth-order valence-electron chi connectivity index (χ4n) is 2.28. The summed E-state index contributed by atoms with van der Waals surface area (Å²) >= 11 is 0. The molecule has 1 heterocycles. The number of benzene rings is 1. The molecule has 0 saturated carbocycles. The Morgan fingerprint density at radius 3 is 2.52 bits per heavy atom. The number of ether oxygens (including phenoxy) is 1. The van der Waals surface area contributed by atoms with Gasteiger partial charge in [0.25, 0.3) is 0 Å². The van der Waals surface area contributed by atoms with Crippen molar-refractivity contribution >= 4 is 29.9 Å². The van der Waals surface area contributed by atoms with E-state index in [4.69, 9.17) is 4.74 Å². The number of rotatable bonds is 7. The molecule has 0 aliphatic carbocycles. The van der Waals surface area contributed by atoms with Crippen LogP contribution in [0.25, 0.3) is 0 Å². The Balaban J connectivity index is 0.00000312. The van der Waals surface area contributed by atoms with Gasteiger partial charge in [0, 0.05) is 38.3 Å². The van der Waals surface area contributed by atoms with Gasteiger partial charge in [-0.25, -0.2) is 4.98 Å². The minimum Gasteiger partial charge on any atom is -0.481 e. The third-order valence-corrected chi connectivity index (χ3v) is 3.70. The molecule has 6 nitrogen and oxygen atoms in total. The maximum atomic E-state index is 9.60. The molecule has 1 aromatic carbocycles. The zero-order valence-corrected chi connectivity index (χ0v) is 16.8.